The number of benzene rings is 1. The SMILES string of the molecule is CC1CCCC1C(=O)Nc1ccc(C#N)cc1F. The number of anilines is 1. The Bertz CT molecular complexity index is 507. The van der Waals surface area contributed by atoms with Gasteiger partial charge in [0.25, 0.3) is 0 Å². The van der Waals surface area contributed by atoms with Gasteiger partial charge in [0.05, 0.1) is 17.3 Å². The lowest BCUT2D eigenvalue weighted by atomic mass is 9.97. The number of hydrogen-bond acceptors (Lipinski definition) is 2. The summed E-state index contributed by atoms with van der Waals surface area (Å²) in [6.45, 7) is 2.05. The highest BCUT2D eigenvalue weighted by Gasteiger charge is 2.29. The smallest absolute Gasteiger partial charge is 0.227 e. The van der Waals surface area contributed by atoms with Crippen LogP contribution in [0.4, 0.5) is 10.1 Å². The highest BCUT2D eigenvalue weighted by molar-refractivity contribution is 5.93. The van der Waals surface area contributed by atoms with Crippen molar-refractivity contribution in [3.05, 3.63) is 29.6 Å². The van der Waals surface area contributed by atoms with Crippen LogP contribution in [-0.2, 0) is 4.79 Å². The zero-order chi connectivity index (χ0) is 13.1. The molecule has 4 heteroatoms. The molecule has 1 aromatic carbocycles. The van der Waals surface area contributed by atoms with Crippen LogP contribution in [0.2, 0.25) is 0 Å². The summed E-state index contributed by atoms with van der Waals surface area (Å²) < 4.78 is 13.6. The topological polar surface area (TPSA) is 52.9 Å². The molecule has 1 aromatic rings. The Kier molecular flexibility index (Phi) is 3.61. The van der Waals surface area contributed by atoms with E-state index in [0.717, 1.165) is 25.3 Å². The van der Waals surface area contributed by atoms with Gasteiger partial charge in [0.2, 0.25) is 5.91 Å². The molecule has 1 saturated carbocycles. The predicted molar refractivity (Wildman–Crippen MR) is 66.2 cm³/mol. The molecule has 2 atom stereocenters. The number of nitriles is 1. The second-order valence-corrected chi connectivity index (χ2v) is 4.81. The third kappa shape index (κ3) is 2.51. The fourth-order valence-corrected chi connectivity index (χ4v) is 2.45. The molecule has 2 unspecified atom stereocenters. The number of carbonyl (C=O) groups excluding carboxylic acids is 1. The molecule has 0 spiro atoms. The van der Waals surface area contributed by atoms with Crippen molar-refractivity contribution < 1.29 is 9.18 Å². The third-order valence-electron chi connectivity index (χ3n) is 3.55. The monoisotopic (exact) mass is 246 g/mol. The van der Waals surface area contributed by atoms with Crippen LogP contribution >= 0.6 is 0 Å². The fourth-order valence-electron chi connectivity index (χ4n) is 2.45. The van der Waals surface area contributed by atoms with Crippen LogP contribution in [-0.4, -0.2) is 5.91 Å². The van der Waals surface area contributed by atoms with E-state index in [4.69, 9.17) is 5.26 Å². The molecule has 0 heterocycles. The quantitative estimate of drug-likeness (QED) is 0.871. The molecular formula is C14H15FN2O. The van der Waals surface area contributed by atoms with E-state index in [1.54, 1.807) is 0 Å². The maximum atomic E-state index is 13.6. The van der Waals surface area contributed by atoms with Crippen molar-refractivity contribution >= 4 is 11.6 Å². The maximum Gasteiger partial charge on any atom is 0.227 e. The lowest BCUT2D eigenvalue weighted by Gasteiger charge is -2.15. The highest BCUT2D eigenvalue weighted by Crippen LogP contribution is 2.32. The normalized spacial score (nSPS) is 22.5. The van der Waals surface area contributed by atoms with Crippen LogP contribution < -0.4 is 5.32 Å². The van der Waals surface area contributed by atoms with E-state index in [1.807, 2.05) is 13.0 Å². The van der Waals surface area contributed by atoms with Gasteiger partial charge in [-0.15, -0.1) is 0 Å². The van der Waals surface area contributed by atoms with Crippen molar-refractivity contribution in [1.29, 1.82) is 5.26 Å². The summed E-state index contributed by atoms with van der Waals surface area (Å²) in [5.74, 6) is -0.358. The molecular weight excluding hydrogens is 231 g/mol. The summed E-state index contributed by atoms with van der Waals surface area (Å²) in [6, 6.07) is 5.92. The molecule has 3 nitrogen and oxygen atoms in total. The van der Waals surface area contributed by atoms with Crippen LogP contribution in [0, 0.1) is 29.0 Å². The Hall–Kier alpha value is -1.89. The molecule has 1 amide bonds. The molecule has 94 valence electrons. The van der Waals surface area contributed by atoms with E-state index in [-0.39, 0.29) is 23.1 Å². The summed E-state index contributed by atoms with van der Waals surface area (Å²) in [5, 5.41) is 11.2. The summed E-state index contributed by atoms with van der Waals surface area (Å²) in [4.78, 5) is 12.0. The van der Waals surface area contributed by atoms with Gasteiger partial charge in [0.15, 0.2) is 0 Å². The second-order valence-electron chi connectivity index (χ2n) is 4.81. The van der Waals surface area contributed by atoms with Crippen LogP contribution in [0.1, 0.15) is 31.7 Å². The van der Waals surface area contributed by atoms with Crippen molar-refractivity contribution in [3.8, 4) is 6.07 Å². The van der Waals surface area contributed by atoms with Gasteiger partial charge < -0.3 is 5.32 Å². The fraction of sp³-hybridized carbons (Fsp3) is 0.429. The molecule has 0 radical (unpaired) electrons. The zero-order valence-electron chi connectivity index (χ0n) is 10.2. The largest absolute Gasteiger partial charge is 0.323 e. The Morgan fingerprint density at radius 1 is 1.50 bits per heavy atom. The van der Waals surface area contributed by atoms with Crippen LogP contribution in [0.25, 0.3) is 0 Å². The van der Waals surface area contributed by atoms with Gasteiger partial charge >= 0.3 is 0 Å². The van der Waals surface area contributed by atoms with Gasteiger partial charge in [-0.25, -0.2) is 4.39 Å². The first kappa shape index (κ1) is 12.6. The summed E-state index contributed by atoms with van der Waals surface area (Å²) in [5.41, 5.74) is 0.401. The van der Waals surface area contributed by atoms with Gasteiger partial charge in [-0.05, 0) is 37.0 Å². The number of amides is 1. The van der Waals surface area contributed by atoms with E-state index in [2.05, 4.69) is 5.32 Å². The van der Waals surface area contributed by atoms with Crippen LogP contribution in [0.15, 0.2) is 18.2 Å². The van der Waals surface area contributed by atoms with Crippen molar-refractivity contribution in [3.63, 3.8) is 0 Å². The van der Waals surface area contributed by atoms with Gasteiger partial charge in [0.1, 0.15) is 5.82 Å². The number of halogens is 1. The number of hydrogen-bond donors (Lipinski definition) is 1. The molecule has 0 aromatic heterocycles. The van der Waals surface area contributed by atoms with Gasteiger partial charge in [-0.1, -0.05) is 13.3 Å². The van der Waals surface area contributed by atoms with E-state index in [0.29, 0.717) is 5.92 Å². The molecule has 1 aliphatic carbocycles. The van der Waals surface area contributed by atoms with E-state index in [1.165, 1.54) is 12.1 Å². The first-order valence-electron chi connectivity index (χ1n) is 6.12. The van der Waals surface area contributed by atoms with Crippen LogP contribution in [0.3, 0.4) is 0 Å². The number of nitrogens with one attached hydrogen (secondary N) is 1. The minimum absolute atomic E-state index is 0.0277. The Labute approximate surface area is 106 Å². The standard InChI is InChI=1S/C14H15FN2O/c1-9-3-2-4-11(9)14(18)17-13-6-5-10(8-16)7-12(13)15/h5-7,9,11H,2-4H2,1H3,(H,17,18). The average molecular weight is 246 g/mol. The summed E-state index contributed by atoms with van der Waals surface area (Å²) in [7, 11) is 0. The van der Waals surface area contributed by atoms with Crippen molar-refractivity contribution in [2.75, 3.05) is 5.32 Å². The lowest BCUT2D eigenvalue weighted by molar-refractivity contribution is -0.120. The van der Waals surface area contributed by atoms with Crippen LogP contribution in [0.5, 0.6) is 0 Å². The van der Waals surface area contributed by atoms with Gasteiger partial charge in [-0.3, -0.25) is 4.79 Å². The molecule has 1 N–H and O–H groups in total. The molecule has 1 aliphatic rings. The van der Waals surface area contributed by atoms with Crippen molar-refractivity contribution in [2.24, 2.45) is 11.8 Å². The molecule has 2 rings (SSSR count). The van der Waals surface area contributed by atoms with E-state index < -0.39 is 5.82 Å². The number of rotatable bonds is 2. The lowest BCUT2D eigenvalue weighted by Crippen LogP contribution is -2.25. The molecule has 0 saturated heterocycles. The molecule has 18 heavy (non-hydrogen) atoms. The minimum Gasteiger partial charge on any atom is -0.323 e. The molecule has 0 aliphatic heterocycles. The number of nitrogens with zero attached hydrogens (tertiary/aromatic N) is 1. The average Bonchev–Trinajstić information content (AvgIpc) is 2.78. The van der Waals surface area contributed by atoms with E-state index in [9.17, 15) is 9.18 Å². The Morgan fingerprint density at radius 3 is 2.83 bits per heavy atom. The van der Waals surface area contributed by atoms with Crippen molar-refractivity contribution in [1.82, 2.24) is 0 Å². The molecule has 0 bridgehead atoms. The van der Waals surface area contributed by atoms with Gasteiger partial charge in [-0.2, -0.15) is 5.26 Å². The number of carbonyl (C=O) groups is 1. The summed E-state index contributed by atoms with van der Waals surface area (Å²) in [6.07, 6.45) is 2.97. The Balaban J connectivity index is 2.10. The highest BCUT2D eigenvalue weighted by atomic mass is 19.1. The van der Waals surface area contributed by atoms with Gasteiger partial charge in [0, 0.05) is 5.92 Å². The predicted octanol–water partition coefficient (Wildman–Crippen LogP) is 3.07. The Morgan fingerprint density at radius 2 is 2.28 bits per heavy atom. The summed E-state index contributed by atoms with van der Waals surface area (Å²) >= 11 is 0. The third-order valence-corrected chi connectivity index (χ3v) is 3.55. The minimum atomic E-state index is -0.562. The first-order chi connectivity index (χ1) is 8.61. The maximum absolute atomic E-state index is 13.6. The van der Waals surface area contributed by atoms with Crippen molar-refractivity contribution in [2.45, 2.75) is 26.2 Å². The zero-order valence-corrected chi connectivity index (χ0v) is 10.2. The van der Waals surface area contributed by atoms with E-state index >= 15 is 0 Å². The first-order valence-corrected chi connectivity index (χ1v) is 6.12. The molecule has 1 fully saturated rings. The second kappa shape index (κ2) is 5.18.